The van der Waals surface area contributed by atoms with Gasteiger partial charge in [0.2, 0.25) is 5.90 Å². The van der Waals surface area contributed by atoms with Gasteiger partial charge in [0.05, 0.1) is 6.61 Å². The van der Waals surface area contributed by atoms with Gasteiger partial charge in [0, 0.05) is 11.8 Å². The molecule has 4 nitrogen and oxygen atoms in total. The van der Waals surface area contributed by atoms with E-state index in [1.165, 1.54) is 7.11 Å². The quantitative estimate of drug-likeness (QED) is 0.659. The molecule has 0 aromatic carbocycles. The number of nitrogens with zero attached hydrogens (tertiary/aromatic N) is 1. The molecule has 1 heterocycles. The molecular weight excluding hydrogens is 170 g/mol. The third kappa shape index (κ3) is 1.94. The SMILES string of the molecule is CO/N=C1/OC(C)(CO)CC1(C)C. The predicted octanol–water partition coefficient (Wildman–Crippen LogP) is 1.14. The Labute approximate surface area is 78.5 Å². The number of aliphatic hydroxyl groups is 1. The van der Waals surface area contributed by atoms with Gasteiger partial charge in [-0.2, -0.15) is 0 Å². The number of oxime groups is 1. The van der Waals surface area contributed by atoms with Crippen molar-refractivity contribution in [1.29, 1.82) is 0 Å². The summed E-state index contributed by atoms with van der Waals surface area (Å²) in [7, 11) is 1.49. The summed E-state index contributed by atoms with van der Waals surface area (Å²) >= 11 is 0. The molecule has 1 saturated heterocycles. The number of hydrogen-bond acceptors (Lipinski definition) is 4. The van der Waals surface area contributed by atoms with Crippen molar-refractivity contribution in [1.82, 2.24) is 0 Å². The standard InChI is InChI=1S/C9H17NO3/c1-8(2)5-9(3,6-11)13-7(8)10-12-4/h11H,5-6H2,1-4H3/b10-7+. The van der Waals surface area contributed by atoms with E-state index in [9.17, 15) is 0 Å². The fraction of sp³-hybridized carbons (Fsp3) is 0.889. The van der Waals surface area contributed by atoms with Crippen molar-refractivity contribution >= 4 is 5.90 Å². The zero-order valence-electron chi connectivity index (χ0n) is 8.63. The molecule has 0 aromatic rings. The first-order valence-corrected chi connectivity index (χ1v) is 4.35. The maximum Gasteiger partial charge on any atom is 0.232 e. The van der Waals surface area contributed by atoms with Gasteiger partial charge in [-0.05, 0) is 6.92 Å². The monoisotopic (exact) mass is 187 g/mol. The first-order chi connectivity index (χ1) is 5.93. The molecule has 76 valence electrons. The van der Waals surface area contributed by atoms with Gasteiger partial charge in [0.25, 0.3) is 0 Å². The summed E-state index contributed by atoms with van der Waals surface area (Å²) in [6, 6.07) is 0. The minimum absolute atomic E-state index is 0.000829. The van der Waals surface area contributed by atoms with Crippen LogP contribution in [0.1, 0.15) is 27.2 Å². The van der Waals surface area contributed by atoms with E-state index in [4.69, 9.17) is 9.84 Å². The molecule has 1 aliphatic heterocycles. The van der Waals surface area contributed by atoms with Gasteiger partial charge in [0.15, 0.2) is 0 Å². The molecule has 1 unspecified atom stereocenters. The molecule has 1 rings (SSSR count). The Bertz CT molecular complexity index is 225. The van der Waals surface area contributed by atoms with Crippen LogP contribution in [-0.2, 0) is 9.57 Å². The number of ether oxygens (including phenoxy) is 1. The van der Waals surface area contributed by atoms with Crippen molar-refractivity contribution in [3.8, 4) is 0 Å². The first kappa shape index (κ1) is 10.3. The van der Waals surface area contributed by atoms with Gasteiger partial charge in [-0.1, -0.05) is 19.0 Å². The zero-order valence-corrected chi connectivity index (χ0v) is 8.63. The minimum Gasteiger partial charge on any atom is -0.469 e. The van der Waals surface area contributed by atoms with Crippen molar-refractivity contribution in [2.45, 2.75) is 32.8 Å². The summed E-state index contributed by atoms with van der Waals surface area (Å²) in [5.74, 6) is 0.562. The third-order valence-electron chi connectivity index (χ3n) is 2.25. The van der Waals surface area contributed by atoms with Crippen molar-refractivity contribution in [2.75, 3.05) is 13.7 Å². The van der Waals surface area contributed by atoms with E-state index in [2.05, 4.69) is 9.99 Å². The van der Waals surface area contributed by atoms with E-state index >= 15 is 0 Å². The van der Waals surface area contributed by atoms with E-state index in [1.807, 2.05) is 20.8 Å². The van der Waals surface area contributed by atoms with Crippen molar-refractivity contribution in [3.05, 3.63) is 0 Å². The summed E-state index contributed by atoms with van der Waals surface area (Å²) in [5, 5.41) is 12.9. The molecule has 0 radical (unpaired) electrons. The van der Waals surface area contributed by atoms with Crippen LogP contribution in [-0.4, -0.2) is 30.3 Å². The van der Waals surface area contributed by atoms with Crippen LogP contribution in [0.15, 0.2) is 5.16 Å². The maximum absolute atomic E-state index is 9.12. The Morgan fingerprint density at radius 1 is 1.54 bits per heavy atom. The Balaban J connectivity index is 2.86. The average molecular weight is 187 g/mol. The van der Waals surface area contributed by atoms with E-state index in [1.54, 1.807) is 0 Å². The highest BCUT2D eigenvalue weighted by molar-refractivity contribution is 5.84. The molecule has 0 amide bonds. The van der Waals surface area contributed by atoms with E-state index < -0.39 is 5.60 Å². The number of hydrogen-bond donors (Lipinski definition) is 1. The summed E-state index contributed by atoms with van der Waals surface area (Å²) < 4.78 is 5.53. The second-order valence-corrected chi connectivity index (χ2v) is 4.35. The fourth-order valence-electron chi connectivity index (χ4n) is 1.73. The Hall–Kier alpha value is -0.770. The lowest BCUT2D eigenvalue weighted by Crippen LogP contribution is -2.28. The van der Waals surface area contributed by atoms with Gasteiger partial charge in [-0.25, -0.2) is 0 Å². The van der Waals surface area contributed by atoms with Gasteiger partial charge in [-0.3, -0.25) is 0 Å². The lowest BCUT2D eigenvalue weighted by atomic mass is 9.85. The number of rotatable bonds is 2. The molecule has 13 heavy (non-hydrogen) atoms. The van der Waals surface area contributed by atoms with Crippen LogP contribution in [0.4, 0.5) is 0 Å². The van der Waals surface area contributed by atoms with Crippen LogP contribution in [0.3, 0.4) is 0 Å². The van der Waals surface area contributed by atoms with Crippen molar-refractivity contribution in [2.24, 2.45) is 10.6 Å². The van der Waals surface area contributed by atoms with Gasteiger partial charge < -0.3 is 14.7 Å². The largest absolute Gasteiger partial charge is 0.469 e. The third-order valence-corrected chi connectivity index (χ3v) is 2.25. The highest BCUT2D eigenvalue weighted by Crippen LogP contribution is 2.40. The van der Waals surface area contributed by atoms with Gasteiger partial charge >= 0.3 is 0 Å². The highest BCUT2D eigenvalue weighted by Gasteiger charge is 2.47. The normalized spacial score (nSPS) is 34.7. The second kappa shape index (κ2) is 3.18. The molecule has 1 N–H and O–H groups in total. The van der Waals surface area contributed by atoms with Crippen molar-refractivity contribution < 1.29 is 14.7 Å². The maximum atomic E-state index is 9.12. The molecule has 0 bridgehead atoms. The molecule has 1 aliphatic rings. The molecule has 0 aliphatic carbocycles. The summed E-state index contributed by atoms with van der Waals surface area (Å²) in [4.78, 5) is 4.68. The van der Waals surface area contributed by atoms with Gasteiger partial charge in [0.1, 0.15) is 12.7 Å². The first-order valence-electron chi connectivity index (χ1n) is 4.35. The van der Waals surface area contributed by atoms with Gasteiger partial charge in [-0.15, -0.1) is 0 Å². The molecule has 1 atom stereocenters. The zero-order chi connectivity index (χ0) is 10.1. The average Bonchev–Trinajstić information content (AvgIpc) is 2.24. The molecule has 4 heteroatoms. The minimum atomic E-state index is -0.513. The smallest absolute Gasteiger partial charge is 0.232 e. The Kier molecular flexibility index (Phi) is 2.52. The van der Waals surface area contributed by atoms with Crippen LogP contribution in [0.5, 0.6) is 0 Å². The van der Waals surface area contributed by atoms with Crippen LogP contribution < -0.4 is 0 Å². The second-order valence-electron chi connectivity index (χ2n) is 4.35. The Morgan fingerprint density at radius 3 is 2.54 bits per heavy atom. The van der Waals surface area contributed by atoms with Crippen LogP contribution >= 0.6 is 0 Å². The molecular formula is C9H17NO3. The van der Waals surface area contributed by atoms with E-state index in [0.29, 0.717) is 5.90 Å². The van der Waals surface area contributed by atoms with Crippen LogP contribution in [0.25, 0.3) is 0 Å². The highest BCUT2D eigenvalue weighted by atomic mass is 16.6. The topological polar surface area (TPSA) is 51.0 Å². The van der Waals surface area contributed by atoms with E-state index in [-0.39, 0.29) is 12.0 Å². The van der Waals surface area contributed by atoms with E-state index in [0.717, 1.165) is 6.42 Å². The summed E-state index contributed by atoms with van der Waals surface area (Å²) in [6.45, 7) is 5.91. The Morgan fingerprint density at radius 2 is 2.15 bits per heavy atom. The predicted molar refractivity (Wildman–Crippen MR) is 49.4 cm³/mol. The summed E-state index contributed by atoms with van der Waals surface area (Å²) in [5.41, 5.74) is -0.672. The van der Waals surface area contributed by atoms with Crippen LogP contribution in [0.2, 0.25) is 0 Å². The lowest BCUT2D eigenvalue weighted by Gasteiger charge is -2.19. The number of aliphatic hydroxyl groups excluding tert-OH is 1. The lowest BCUT2D eigenvalue weighted by molar-refractivity contribution is 0.0271. The van der Waals surface area contributed by atoms with Crippen molar-refractivity contribution in [3.63, 3.8) is 0 Å². The molecule has 0 saturated carbocycles. The molecule has 0 aromatic heterocycles. The van der Waals surface area contributed by atoms with Crippen LogP contribution in [0, 0.1) is 5.41 Å². The molecule has 0 spiro atoms. The molecule has 1 fully saturated rings. The summed E-state index contributed by atoms with van der Waals surface area (Å²) in [6.07, 6.45) is 0.749. The fourth-order valence-corrected chi connectivity index (χ4v) is 1.73.